The van der Waals surface area contributed by atoms with E-state index in [4.69, 9.17) is 0 Å². The Labute approximate surface area is 122 Å². The van der Waals surface area contributed by atoms with Crippen LogP contribution in [0, 0.1) is 5.92 Å². The van der Waals surface area contributed by atoms with Crippen molar-refractivity contribution in [1.29, 1.82) is 0 Å². The molecule has 2 heterocycles. The summed E-state index contributed by atoms with van der Waals surface area (Å²) in [6.07, 6.45) is 2.92. The second kappa shape index (κ2) is 5.29. The van der Waals surface area contributed by atoms with Crippen LogP contribution in [0.5, 0.6) is 0 Å². The lowest BCUT2D eigenvalue weighted by molar-refractivity contribution is -0.111. The predicted molar refractivity (Wildman–Crippen MR) is 78.1 cm³/mol. The third-order valence-corrected chi connectivity index (χ3v) is 4.27. The molecule has 1 aliphatic rings. The number of nitrogens with zero attached hydrogens (tertiary/aromatic N) is 2. The van der Waals surface area contributed by atoms with Gasteiger partial charge >= 0.3 is 0 Å². The fourth-order valence-electron chi connectivity index (χ4n) is 2.37. The summed E-state index contributed by atoms with van der Waals surface area (Å²) >= 11 is 3.42. The topological polar surface area (TPSA) is 45.5 Å². The van der Waals surface area contributed by atoms with E-state index in [0.29, 0.717) is 18.8 Å². The van der Waals surface area contributed by atoms with Crippen molar-refractivity contribution < 1.29 is 9.90 Å². The largest absolute Gasteiger partial charge is 0.386 e. The van der Waals surface area contributed by atoms with E-state index in [1.807, 2.05) is 30.7 Å². The van der Waals surface area contributed by atoms with Crippen LogP contribution in [0.15, 0.2) is 16.7 Å². The summed E-state index contributed by atoms with van der Waals surface area (Å²) in [5, 5.41) is 10.2. The maximum absolute atomic E-state index is 12.4. The van der Waals surface area contributed by atoms with Crippen molar-refractivity contribution in [3.8, 4) is 0 Å². The average molecular weight is 329 g/mol. The Bertz CT molecular complexity index is 476. The molecular formula is C14H21BrN2O2. The van der Waals surface area contributed by atoms with E-state index in [1.54, 1.807) is 4.90 Å². The van der Waals surface area contributed by atoms with Crippen LogP contribution in [0.1, 0.15) is 37.7 Å². The standard InChI is InChI=1S/C14H21BrN2O2/c1-4-5-16-7-11(15)6-12(16)13(18)17-8-14(19,9-17)10(2)3/h6-7,10,19H,4-5,8-9H2,1-3H3. The molecule has 0 unspecified atom stereocenters. The average Bonchev–Trinajstić information content (AvgIpc) is 2.65. The molecule has 1 aliphatic heterocycles. The molecule has 2 rings (SSSR count). The Morgan fingerprint density at radius 3 is 2.68 bits per heavy atom. The van der Waals surface area contributed by atoms with Crippen molar-refractivity contribution in [3.05, 3.63) is 22.4 Å². The molecule has 0 aliphatic carbocycles. The second-order valence-corrected chi connectivity index (χ2v) is 6.57. The zero-order valence-electron chi connectivity index (χ0n) is 11.7. The molecule has 0 radical (unpaired) electrons. The molecule has 1 N–H and O–H groups in total. The summed E-state index contributed by atoms with van der Waals surface area (Å²) in [5.41, 5.74) is -0.0192. The molecule has 0 atom stereocenters. The quantitative estimate of drug-likeness (QED) is 0.923. The van der Waals surface area contributed by atoms with Crippen molar-refractivity contribution in [2.24, 2.45) is 5.92 Å². The number of rotatable bonds is 4. The third-order valence-electron chi connectivity index (χ3n) is 3.84. The lowest BCUT2D eigenvalue weighted by atomic mass is 9.83. The van der Waals surface area contributed by atoms with Gasteiger partial charge in [0.2, 0.25) is 0 Å². The number of amides is 1. The zero-order chi connectivity index (χ0) is 14.2. The van der Waals surface area contributed by atoms with Crippen LogP contribution in [-0.2, 0) is 6.54 Å². The molecule has 5 heteroatoms. The number of aryl methyl sites for hydroxylation is 1. The van der Waals surface area contributed by atoms with Gasteiger partial charge in [0.15, 0.2) is 0 Å². The number of hydrogen-bond acceptors (Lipinski definition) is 2. The number of aromatic nitrogens is 1. The van der Waals surface area contributed by atoms with Crippen LogP contribution in [0.2, 0.25) is 0 Å². The van der Waals surface area contributed by atoms with Gasteiger partial charge in [-0.15, -0.1) is 0 Å². The first kappa shape index (κ1) is 14.6. The van der Waals surface area contributed by atoms with Gasteiger partial charge in [-0.3, -0.25) is 4.79 Å². The van der Waals surface area contributed by atoms with Crippen LogP contribution < -0.4 is 0 Å². The molecule has 1 aromatic rings. The normalized spacial score (nSPS) is 17.7. The van der Waals surface area contributed by atoms with Crippen LogP contribution >= 0.6 is 15.9 Å². The lowest BCUT2D eigenvalue weighted by Gasteiger charge is -2.49. The Kier molecular flexibility index (Phi) is 4.06. The van der Waals surface area contributed by atoms with E-state index < -0.39 is 5.60 Å². The Hall–Kier alpha value is -0.810. The Morgan fingerprint density at radius 2 is 2.16 bits per heavy atom. The van der Waals surface area contributed by atoms with Gasteiger partial charge in [-0.05, 0) is 34.3 Å². The monoisotopic (exact) mass is 328 g/mol. The summed E-state index contributed by atoms with van der Waals surface area (Å²) in [4.78, 5) is 14.1. The molecule has 4 nitrogen and oxygen atoms in total. The van der Waals surface area contributed by atoms with Gasteiger partial charge in [0.05, 0.1) is 13.1 Å². The molecule has 0 spiro atoms. The lowest BCUT2D eigenvalue weighted by Crippen LogP contribution is -2.66. The Morgan fingerprint density at radius 1 is 1.53 bits per heavy atom. The Balaban J connectivity index is 2.10. The maximum Gasteiger partial charge on any atom is 0.270 e. The first-order valence-electron chi connectivity index (χ1n) is 6.74. The number of likely N-dealkylation sites (tertiary alicyclic amines) is 1. The van der Waals surface area contributed by atoms with Gasteiger partial charge in [-0.25, -0.2) is 0 Å². The fraction of sp³-hybridized carbons (Fsp3) is 0.643. The van der Waals surface area contributed by atoms with Gasteiger partial charge in [-0.2, -0.15) is 0 Å². The van der Waals surface area contributed by atoms with Crippen LogP contribution in [0.4, 0.5) is 0 Å². The molecule has 1 aromatic heterocycles. The van der Waals surface area contributed by atoms with Crippen LogP contribution in [-0.4, -0.2) is 39.2 Å². The van der Waals surface area contributed by atoms with E-state index in [-0.39, 0.29) is 11.8 Å². The first-order chi connectivity index (χ1) is 8.87. The van der Waals surface area contributed by atoms with E-state index in [0.717, 1.165) is 17.4 Å². The minimum Gasteiger partial charge on any atom is -0.386 e. The zero-order valence-corrected chi connectivity index (χ0v) is 13.3. The van der Waals surface area contributed by atoms with Crippen LogP contribution in [0.25, 0.3) is 0 Å². The number of halogens is 1. The van der Waals surface area contributed by atoms with Crippen LogP contribution in [0.3, 0.4) is 0 Å². The van der Waals surface area contributed by atoms with Crippen molar-refractivity contribution in [3.63, 3.8) is 0 Å². The van der Waals surface area contributed by atoms with E-state index in [2.05, 4.69) is 22.9 Å². The van der Waals surface area contributed by atoms with Crippen molar-refractivity contribution in [2.45, 2.75) is 39.3 Å². The molecule has 0 saturated carbocycles. The summed E-state index contributed by atoms with van der Waals surface area (Å²) < 4.78 is 2.89. The molecule has 1 fully saturated rings. The summed E-state index contributed by atoms with van der Waals surface area (Å²) in [7, 11) is 0. The summed E-state index contributed by atoms with van der Waals surface area (Å²) in [5.74, 6) is 0.176. The SMILES string of the molecule is CCCn1cc(Br)cc1C(=O)N1CC(O)(C(C)C)C1. The van der Waals surface area contributed by atoms with E-state index in [9.17, 15) is 9.90 Å². The highest BCUT2D eigenvalue weighted by Gasteiger charge is 2.46. The molecule has 19 heavy (non-hydrogen) atoms. The predicted octanol–water partition coefficient (Wildman–Crippen LogP) is 2.50. The molecule has 1 amide bonds. The van der Waals surface area contributed by atoms with Gasteiger partial charge in [0, 0.05) is 17.2 Å². The van der Waals surface area contributed by atoms with Crippen molar-refractivity contribution >= 4 is 21.8 Å². The molecule has 1 saturated heterocycles. The first-order valence-corrected chi connectivity index (χ1v) is 7.54. The number of carbonyl (C=O) groups excluding carboxylic acids is 1. The van der Waals surface area contributed by atoms with E-state index in [1.165, 1.54) is 0 Å². The number of carbonyl (C=O) groups is 1. The number of hydrogen-bond donors (Lipinski definition) is 1. The fourth-order valence-corrected chi connectivity index (χ4v) is 2.83. The van der Waals surface area contributed by atoms with Gasteiger partial charge in [0.25, 0.3) is 5.91 Å². The minimum absolute atomic E-state index is 0.00414. The highest BCUT2D eigenvalue weighted by atomic mass is 79.9. The maximum atomic E-state index is 12.4. The van der Waals surface area contributed by atoms with Gasteiger partial charge in [0.1, 0.15) is 11.3 Å². The summed E-state index contributed by atoms with van der Waals surface area (Å²) in [6.45, 7) is 7.74. The minimum atomic E-state index is -0.713. The highest BCUT2D eigenvalue weighted by molar-refractivity contribution is 9.10. The molecule has 0 bridgehead atoms. The number of β-amino-alcohol motifs (C(OH)–C–C–N with tert-alkyl or cyclic N) is 1. The second-order valence-electron chi connectivity index (χ2n) is 5.66. The third kappa shape index (κ3) is 2.72. The highest BCUT2D eigenvalue weighted by Crippen LogP contribution is 2.30. The van der Waals surface area contributed by atoms with Gasteiger partial charge in [-0.1, -0.05) is 20.8 Å². The van der Waals surface area contributed by atoms with E-state index >= 15 is 0 Å². The number of aliphatic hydroxyl groups is 1. The molecule has 0 aromatic carbocycles. The molecule has 106 valence electrons. The smallest absolute Gasteiger partial charge is 0.270 e. The van der Waals surface area contributed by atoms with Crippen molar-refractivity contribution in [1.82, 2.24) is 9.47 Å². The van der Waals surface area contributed by atoms with Crippen molar-refractivity contribution in [2.75, 3.05) is 13.1 Å². The molecular weight excluding hydrogens is 308 g/mol. The summed E-state index contributed by atoms with van der Waals surface area (Å²) in [6, 6.07) is 1.85. The van der Waals surface area contributed by atoms with Gasteiger partial charge < -0.3 is 14.6 Å².